The van der Waals surface area contributed by atoms with E-state index >= 15 is 0 Å². The van der Waals surface area contributed by atoms with E-state index in [9.17, 15) is 14.7 Å². The van der Waals surface area contributed by atoms with Crippen molar-refractivity contribution >= 4 is 23.0 Å². The molecule has 4 atom stereocenters. The molecule has 0 aliphatic carbocycles. The van der Waals surface area contributed by atoms with Gasteiger partial charge in [-0.3, -0.25) is 9.80 Å². The fourth-order valence-corrected chi connectivity index (χ4v) is 8.26. The van der Waals surface area contributed by atoms with Crippen LogP contribution in [0.2, 0.25) is 0 Å². The van der Waals surface area contributed by atoms with Gasteiger partial charge >= 0.3 is 12.2 Å². The second kappa shape index (κ2) is 12.8. The molecule has 2 saturated heterocycles. The Balaban J connectivity index is 1.09. The summed E-state index contributed by atoms with van der Waals surface area (Å²) in [5.74, 6) is 2.06. The number of imidazole rings is 2. The van der Waals surface area contributed by atoms with Gasteiger partial charge in [0.05, 0.1) is 17.4 Å². The number of nitrogens with one attached hydrogen (secondary N) is 2. The Morgan fingerprint density at radius 3 is 2.04 bits per heavy atom. The van der Waals surface area contributed by atoms with E-state index < -0.39 is 17.2 Å². The molecule has 3 N–H and O–H groups in total. The Kier molecular flexibility index (Phi) is 8.70. The summed E-state index contributed by atoms with van der Waals surface area (Å²) in [5.41, 5.74) is 4.16. The number of aromatic nitrogens is 4. The summed E-state index contributed by atoms with van der Waals surface area (Å²) in [7, 11) is 0. The van der Waals surface area contributed by atoms with Crippen molar-refractivity contribution < 1.29 is 19.4 Å². The van der Waals surface area contributed by atoms with Crippen molar-refractivity contribution in [3.63, 3.8) is 0 Å². The van der Waals surface area contributed by atoms with Crippen molar-refractivity contribution in [2.75, 3.05) is 13.1 Å². The maximum absolute atomic E-state index is 13.0. The summed E-state index contributed by atoms with van der Waals surface area (Å²) in [6, 6.07) is 21.1. The highest BCUT2D eigenvalue weighted by Gasteiger charge is 2.57. The molecule has 2 amide bonds. The van der Waals surface area contributed by atoms with Crippen molar-refractivity contribution in [2.24, 2.45) is 17.3 Å². The Morgan fingerprint density at radius 1 is 0.788 bits per heavy atom. The second-order valence-electron chi connectivity index (χ2n) is 17.0. The summed E-state index contributed by atoms with van der Waals surface area (Å²) in [6.07, 6.45) is 4.15. The quantitative estimate of drug-likeness (QED) is 0.167. The average molecular weight is 703 g/mol. The number of nitrogens with zero attached hydrogens (tertiary/aromatic N) is 4. The number of hydrogen-bond donors (Lipinski definition) is 3. The Bertz CT molecular complexity index is 2120. The molecule has 2 aliphatic heterocycles. The van der Waals surface area contributed by atoms with Gasteiger partial charge in [-0.2, -0.15) is 0 Å². The normalized spacial score (nSPS) is 22.3. The van der Waals surface area contributed by atoms with E-state index in [2.05, 4.69) is 105 Å². The number of H-pyrrole nitrogens is 2. The number of carboxylic acid groups (broad SMARTS) is 1. The molecule has 0 saturated carbocycles. The van der Waals surface area contributed by atoms with Gasteiger partial charge in [0, 0.05) is 36.6 Å². The van der Waals surface area contributed by atoms with Crippen molar-refractivity contribution in [3.8, 4) is 33.6 Å². The van der Waals surface area contributed by atoms with Crippen LogP contribution in [-0.4, -0.2) is 65.7 Å². The van der Waals surface area contributed by atoms with Gasteiger partial charge in [0.25, 0.3) is 0 Å². The molecule has 52 heavy (non-hydrogen) atoms. The summed E-state index contributed by atoms with van der Waals surface area (Å²) < 4.78 is 5.70. The van der Waals surface area contributed by atoms with Gasteiger partial charge in [0.2, 0.25) is 0 Å². The third-order valence-corrected chi connectivity index (χ3v) is 10.7. The third-order valence-electron chi connectivity index (χ3n) is 10.7. The highest BCUT2D eigenvalue weighted by Crippen LogP contribution is 2.52. The predicted octanol–water partition coefficient (Wildman–Crippen LogP) is 9.87. The zero-order valence-electron chi connectivity index (χ0n) is 31.4. The minimum atomic E-state index is -0.911. The van der Waals surface area contributed by atoms with Gasteiger partial charge in [0.15, 0.2) is 0 Å². The van der Waals surface area contributed by atoms with Crippen molar-refractivity contribution in [2.45, 2.75) is 85.4 Å². The van der Waals surface area contributed by atoms with E-state index in [1.807, 2.05) is 33.2 Å². The second-order valence-corrected chi connectivity index (χ2v) is 17.0. The number of hydrogen-bond acceptors (Lipinski definition) is 5. The van der Waals surface area contributed by atoms with Gasteiger partial charge in [-0.15, -0.1) is 0 Å². The number of carbonyl (C=O) groups is 2. The first-order valence-electron chi connectivity index (χ1n) is 18.3. The molecule has 5 aromatic rings. The van der Waals surface area contributed by atoms with Crippen LogP contribution in [0.5, 0.6) is 0 Å². The molecule has 2 aromatic heterocycles. The van der Waals surface area contributed by atoms with E-state index in [1.165, 1.54) is 0 Å². The lowest BCUT2D eigenvalue weighted by molar-refractivity contribution is 0.0211. The molecule has 3 aromatic carbocycles. The number of benzene rings is 3. The zero-order chi connectivity index (χ0) is 37.2. The largest absolute Gasteiger partial charge is 0.465 e. The van der Waals surface area contributed by atoms with Crippen molar-refractivity contribution in [1.82, 2.24) is 29.7 Å². The molecule has 0 bridgehead atoms. The highest BCUT2D eigenvalue weighted by atomic mass is 16.6. The maximum Gasteiger partial charge on any atom is 0.410 e. The summed E-state index contributed by atoms with van der Waals surface area (Å²) in [4.78, 5) is 45.4. The zero-order valence-corrected chi connectivity index (χ0v) is 31.4. The number of rotatable bonds is 5. The number of carbonyl (C=O) groups excluding carboxylic acids is 1. The fourth-order valence-electron chi connectivity index (χ4n) is 8.26. The summed E-state index contributed by atoms with van der Waals surface area (Å²) in [5, 5.41) is 12.4. The Labute approximate surface area is 305 Å². The van der Waals surface area contributed by atoms with Crippen LogP contribution in [0.3, 0.4) is 0 Å². The van der Waals surface area contributed by atoms with Gasteiger partial charge in [-0.25, -0.2) is 19.6 Å². The van der Waals surface area contributed by atoms with Crippen LogP contribution in [0.25, 0.3) is 44.4 Å². The fraction of sp³-hybridized carbons (Fsp3) is 0.429. The van der Waals surface area contributed by atoms with Crippen molar-refractivity contribution in [3.05, 3.63) is 84.7 Å². The smallest absolute Gasteiger partial charge is 0.410 e. The average Bonchev–Trinajstić information content (AvgIpc) is 3.89. The molecule has 10 heteroatoms. The van der Waals surface area contributed by atoms with Crippen LogP contribution < -0.4 is 0 Å². The maximum atomic E-state index is 13.0. The number of likely N-dealkylation sites (tertiary alicyclic amines) is 2. The lowest BCUT2D eigenvalue weighted by atomic mass is 9.70. The van der Waals surface area contributed by atoms with Crippen LogP contribution in [0.15, 0.2) is 73.1 Å². The molecule has 10 nitrogen and oxygen atoms in total. The minimum Gasteiger partial charge on any atom is -0.465 e. The first kappa shape index (κ1) is 35.3. The van der Waals surface area contributed by atoms with Crippen molar-refractivity contribution in [1.29, 1.82) is 0 Å². The molecular formula is C42H50N6O4. The first-order valence-corrected chi connectivity index (χ1v) is 18.3. The van der Waals surface area contributed by atoms with E-state index in [0.29, 0.717) is 24.8 Å². The van der Waals surface area contributed by atoms with Gasteiger partial charge in [-0.1, -0.05) is 83.1 Å². The highest BCUT2D eigenvalue weighted by molar-refractivity contribution is 5.90. The summed E-state index contributed by atoms with van der Waals surface area (Å²) >= 11 is 0. The van der Waals surface area contributed by atoms with E-state index in [0.717, 1.165) is 63.1 Å². The van der Waals surface area contributed by atoms with Crippen LogP contribution in [0.1, 0.15) is 85.9 Å². The van der Waals surface area contributed by atoms with Gasteiger partial charge in [0.1, 0.15) is 22.8 Å². The lowest BCUT2D eigenvalue weighted by Crippen LogP contribution is -2.53. The SMILES string of the molecule is C[C@@H]1C[C@@H](c2nc(-c3ccc4cc(-c5ccc(-c6c[nH]c([C@@]7(C(C)(C)C)C[C@@H](C)CN7C(=O)O)n6)cc5)ccc4c3)c[nH]2)N(C(=O)OC(C)(C)C)C1. The Morgan fingerprint density at radius 2 is 1.38 bits per heavy atom. The monoisotopic (exact) mass is 702 g/mol. The van der Waals surface area contributed by atoms with Crippen LogP contribution >= 0.6 is 0 Å². The number of ether oxygens (including phenoxy) is 1. The molecule has 0 spiro atoms. The van der Waals surface area contributed by atoms with Gasteiger partial charge < -0.3 is 19.8 Å². The Hall–Kier alpha value is -5.12. The third kappa shape index (κ3) is 6.44. The minimum absolute atomic E-state index is 0.151. The topological polar surface area (TPSA) is 127 Å². The lowest BCUT2D eigenvalue weighted by Gasteiger charge is -2.45. The molecule has 0 radical (unpaired) electrons. The van der Waals surface area contributed by atoms with E-state index in [4.69, 9.17) is 14.7 Å². The number of aromatic amines is 2. The van der Waals surface area contributed by atoms with E-state index in [1.54, 1.807) is 9.80 Å². The first-order chi connectivity index (χ1) is 24.5. The van der Waals surface area contributed by atoms with Crippen LogP contribution in [0, 0.1) is 17.3 Å². The van der Waals surface area contributed by atoms with Crippen LogP contribution in [0.4, 0.5) is 9.59 Å². The molecule has 2 aliphatic rings. The van der Waals surface area contributed by atoms with E-state index in [-0.39, 0.29) is 23.5 Å². The van der Waals surface area contributed by atoms with Crippen LogP contribution in [-0.2, 0) is 10.3 Å². The molecule has 0 unspecified atom stereocenters. The molecule has 7 rings (SSSR count). The molecule has 272 valence electrons. The summed E-state index contributed by atoms with van der Waals surface area (Å²) in [6.45, 7) is 17.3. The number of fused-ring (bicyclic) bond motifs is 1. The standard InChI is InChI=1S/C42H50N6O4/c1-25-17-35(47(23-25)39(51)52-41(6,7)8)36-43-21-34(45-36)32-16-15-30-18-29(13-14-31(30)19-32)27-9-11-28(12-10-27)33-22-44-37(46-33)42(40(3,4)5)20-26(2)24-48(42)38(49)50/h9-16,18-19,21-22,25-26,35H,17,20,23-24H2,1-8H3,(H,43,45)(H,44,46)(H,49,50)/t25-,26-,35+,42-/m1/s1. The number of amides is 2. The van der Waals surface area contributed by atoms with Gasteiger partial charge in [-0.05, 0) is 84.9 Å². The molecular weight excluding hydrogens is 653 g/mol. The molecule has 2 fully saturated rings. The predicted molar refractivity (Wildman–Crippen MR) is 204 cm³/mol. The molecule has 4 heterocycles.